The Bertz CT molecular complexity index is 505. The van der Waals surface area contributed by atoms with Crippen LogP contribution in [0.3, 0.4) is 0 Å². The van der Waals surface area contributed by atoms with Gasteiger partial charge in [-0.2, -0.15) is 0 Å². The van der Waals surface area contributed by atoms with Gasteiger partial charge in [-0.25, -0.2) is 0 Å². The fourth-order valence-corrected chi connectivity index (χ4v) is 3.04. The lowest BCUT2D eigenvalue weighted by atomic mass is 9.96. The number of benzene rings is 1. The maximum Gasteiger partial charge on any atom is 0.316 e. The Hall–Kier alpha value is -0.960. The first-order chi connectivity index (χ1) is 12.0. The Kier molecular flexibility index (Phi) is 12.0. The Balaban J connectivity index is 0.000000662. The fraction of sp³-hybridized carbons (Fsp3) is 0.696. The number of esters is 1. The van der Waals surface area contributed by atoms with Crippen molar-refractivity contribution in [2.45, 2.75) is 90.7 Å². The van der Waals surface area contributed by atoms with Crippen molar-refractivity contribution in [2.75, 3.05) is 6.61 Å². The Morgan fingerprint density at radius 3 is 1.92 bits per heavy atom. The van der Waals surface area contributed by atoms with E-state index >= 15 is 0 Å². The number of thioether (sulfide) groups is 1. The zero-order chi connectivity index (χ0) is 20.3. The third kappa shape index (κ3) is 10.3. The molecule has 0 amide bonds. The summed E-state index contributed by atoms with van der Waals surface area (Å²) in [4.78, 5) is 13.3. The molecule has 0 saturated heterocycles. The molecule has 1 aliphatic rings. The lowest BCUT2D eigenvalue weighted by Crippen LogP contribution is -2.23. The predicted octanol–water partition coefficient (Wildman–Crippen LogP) is 7.11. The minimum atomic E-state index is -0.344. The maximum atomic E-state index is 12.0. The van der Waals surface area contributed by atoms with Gasteiger partial charge in [-0.3, -0.25) is 4.79 Å². The molecule has 1 aromatic carbocycles. The molecule has 150 valence electrons. The van der Waals surface area contributed by atoms with E-state index in [-0.39, 0.29) is 11.4 Å². The predicted molar refractivity (Wildman–Crippen MR) is 116 cm³/mol. The molecule has 1 saturated carbocycles. The van der Waals surface area contributed by atoms with Crippen LogP contribution in [0.1, 0.15) is 80.7 Å². The molecule has 0 N–H and O–H groups in total. The molecule has 2 rings (SSSR count). The van der Waals surface area contributed by atoms with Crippen LogP contribution in [0.2, 0.25) is 0 Å². The van der Waals surface area contributed by atoms with Crippen LogP contribution in [-0.2, 0) is 14.9 Å². The van der Waals surface area contributed by atoms with Crippen molar-refractivity contribution in [3.05, 3.63) is 29.8 Å². The Morgan fingerprint density at radius 2 is 1.54 bits per heavy atom. The highest BCUT2D eigenvalue weighted by atomic mass is 32.2. The van der Waals surface area contributed by atoms with Crippen molar-refractivity contribution in [3.63, 3.8) is 0 Å². The molecule has 0 heterocycles. The van der Waals surface area contributed by atoms with Crippen molar-refractivity contribution in [1.82, 2.24) is 0 Å². The summed E-state index contributed by atoms with van der Waals surface area (Å²) in [7, 11) is 0. The zero-order valence-electron chi connectivity index (χ0n) is 18.4. The molecule has 1 aliphatic carbocycles. The number of ether oxygens (including phenoxy) is 1. The van der Waals surface area contributed by atoms with Crippen LogP contribution in [0, 0.1) is 11.8 Å². The molecule has 0 spiro atoms. The summed E-state index contributed by atoms with van der Waals surface area (Å²) in [5.74, 6) is 1.61. The van der Waals surface area contributed by atoms with Crippen molar-refractivity contribution >= 4 is 17.7 Å². The Labute approximate surface area is 166 Å². The van der Waals surface area contributed by atoms with Crippen molar-refractivity contribution in [3.8, 4) is 0 Å². The minimum Gasteiger partial charge on any atom is -0.465 e. The molecule has 0 bridgehead atoms. The average molecular weight is 381 g/mol. The normalized spacial score (nSPS) is 14.3. The molecule has 0 unspecified atom stereocenters. The van der Waals surface area contributed by atoms with Gasteiger partial charge in [0.05, 0.1) is 12.0 Å². The molecule has 0 aromatic heterocycles. The quantitative estimate of drug-likeness (QED) is 0.402. The fourth-order valence-electron chi connectivity index (χ4n) is 2.14. The molecule has 1 aromatic rings. The van der Waals surface area contributed by atoms with Crippen LogP contribution < -0.4 is 0 Å². The second-order valence-electron chi connectivity index (χ2n) is 8.46. The van der Waals surface area contributed by atoms with E-state index in [9.17, 15) is 4.79 Å². The van der Waals surface area contributed by atoms with Crippen LogP contribution in [-0.4, -0.2) is 17.8 Å². The molecule has 0 radical (unpaired) electrons. The van der Waals surface area contributed by atoms with E-state index < -0.39 is 0 Å². The topological polar surface area (TPSA) is 26.3 Å². The van der Waals surface area contributed by atoms with Gasteiger partial charge in [0, 0.05) is 10.1 Å². The van der Waals surface area contributed by atoms with Crippen LogP contribution in [0.5, 0.6) is 0 Å². The van der Waals surface area contributed by atoms with Crippen LogP contribution in [0.15, 0.2) is 29.2 Å². The number of rotatable bonds is 5. The largest absolute Gasteiger partial charge is 0.465 e. The number of carbonyl (C=O) groups excluding carboxylic acids is 1. The summed E-state index contributed by atoms with van der Waals surface area (Å²) in [6.07, 6.45) is 1.84. The smallest absolute Gasteiger partial charge is 0.316 e. The first-order valence-electron chi connectivity index (χ1n) is 9.99. The van der Waals surface area contributed by atoms with Gasteiger partial charge in [0.2, 0.25) is 0 Å². The van der Waals surface area contributed by atoms with Gasteiger partial charge < -0.3 is 4.74 Å². The van der Waals surface area contributed by atoms with Crippen LogP contribution >= 0.6 is 11.8 Å². The first-order valence-corrected chi connectivity index (χ1v) is 10.9. The monoisotopic (exact) mass is 380 g/mol. The summed E-state index contributed by atoms with van der Waals surface area (Å²) < 4.78 is 5.20. The van der Waals surface area contributed by atoms with Crippen LogP contribution in [0.4, 0.5) is 0 Å². The third-order valence-electron chi connectivity index (χ3n) is 3.17. The summed E-state index contributed by atoms with van der Waals surface area (Å²) in [6, 6.07) is 8.34. The molecule has 26 heavy (non-hydrogen) atoms. The van der Waals surface area contributed by atoms with E-state index in [0.717, 1.165) is 30.2 Å². The number of hydrogen-bond acceptors (Lipinski definition) is 3. The van der Waals surface area contributed by atoms with E-state index in [0.29, 0.717) is 11.9 Å². The molecule has 3 heteroatoms. The number of hydrogen-bond donors (Lipinski definition) is 0. The van der Waals surface area contributed by atoms with Gasteiger partial charge in [-0.15, -0.1) is 11.8 Å². The average Bonchev–Trinajstić information content (AvgIpc) is 3.27. The summed E-state index contributed by atoms with van der Waals surface area (Å²) >= 11 is 1.83. The maximum absolute atomic E-state index is 12.0. The first kappa shape index (κ1) is 25.0. The van der Waals surface area contributed by atoms with Crippen LogP contribution in [0.25, 0.3) is 0 Å². The van der Waals surface area contributed by atoms with E-state index in [1.54, 1.807) is 0 Å². The van der Waals surface area contributed by atoms with Gasteiger partial charge >= 0.3 is 5.97 Å². The number of carbonyl (C=O) groups is 1. The highest BCUT2D eigenvalue weighted by Crippen LogP contribution is 2.49. The lowest BCUT2D eigenvalue weighted by Gasteiger charge is -2.15. The third-order valence-corrected chi connectivity index (χ3v) is 4.17. The molecular weight excluding hydrogens is 340 g/mol. The standard InChI is InChI=1S/C15H20O2S.2C4H10/c1-4-17-14(16)15(8-9-15)12-6-5-7-13(10-12)18-11(2)3;2*1-4(2)3/h5-7,10-11H,4,8-9H2,1-3H3;2*4H,1-3H3. The zero-order valence-corrected chi connectivity index (χ0v) is 19.2. The van der Waals surface area contributed by atoms with Crippen molar-refractivity contribution in [2.24, 2.45) is 11.8 Å². The SMILES string of the molecule is CC(C)C.CC(C)C.CCOC(=O)C1(c2cccc(SC(C)C)c2)CC1. The van der Waals surface area contributed by atoms with Gasteiger partial charge in [0.1, 0.15) is 0 Å². The molecular formula is C23H40O2S. The van der Waals surface area contributed by atoms with E-state index in [1.165, 1.54) is 4.90 Å². The second kappa shape index (κ2) is 12.4. The lowest BCUT2D eigenvalue weighted by molar-refractivity contribution is -0.146. The van der Waals surface area contributed by atoms with E-state index in [4.69, 9.17) is 4.74 Å². The Morgan fingerprint density at radius 1 is 1.04 bits per heavy atom. The van der Waals surface area contributed by atoms with Gasteiger partial charge in [0.15, 0.2) is 0 Å². The minimum absolute atomic E-state index is 0.0586. The van der Waals surface area contributed by atoms with Crippen molar-refractivity contribution in [1.29, 1.82) is 0 Å². The van der Waals surface area contributed by atoms with Gasteiger partial charge in [-0.1, -0.05) is 67.5 Å². The van der Waals surface area contributed by atoms with Gasteiger partial charge in [0.25, 0.3) is 0 Å². The summed E-state index contributed by atoms with van der Waals surface area (Å²) in [5.41, 5.74) is 0.774. The van der Waals surface area contributed by atoms with E-state index in [2.05, 4.69) is 67.5 Å². The van der Waals surface area contributed by atoms with Gasteiger partial charge in [-0.05, 0) is 49.3 Å². The molecule has 0 atom stereocenters. The van der Waals surface area contributed by atoms with E-state index in [1.807, 2.05) is 30.8 Å². The summed E-state index contributed by atoms with van der Waals surface area (Å²) in [6.45, 7) is 19.7. The molecule has 2 nitrogen and oxygen atoms in total. The van der Waals surface area contributed by atoms with Crippen molar-refractivity contribution < 1.29 is 9.53 Å². The second-order valence-corrected chi connectivity index (χ2v) is 10.1. The molecule has 0 aliphatic heterocycles. The molecule has 1 fully saturated rings. The highest BCUT2D eigenvalue weighted by Gasteiger charge is 2.52. The summed E-state index contributed by atoms with van der Waals surface area (Å²) in [5, 5.41) is 0.554. The highest BCUT2D eigenvalue weighted by molar-refractivity contribution is 7.99.